The van der Waals surface area contributed by atoms with Crippen LogP contribution < -0.4 is 0 Å². The summed E-state index contributed by atoms with van der Waals surface area (Å²) >= 11 is 0. The molecule has 0 aromatic rings. The Bertz CT molecular complexity index is 141. The van der Waals surface area contributed by atoms with Crippen molar-refractivity contribution >= 4 is 0 Å². The van der Waals surface area contributed by atoms with E-state index in [1.54, 1.807) is 0 Å². The molecule has 0 aliphatic carbocycles. The van der Waals surface area contributed by atoms with Crippen molar-refractivity contribution in [1.82, 2.24) is 0 Å². The molecule has 1 heteroatoms. The van der Waals surface area contributed by atoms with Crippen molar-refractivity contribution in [3.05, 3.63) is 23.8 Å². The maximum absolute atomic E-state index is 5.36. The van der Waals surface area contributed by atoms with Gasteiger partial charge in [0.15, 0.2) is 0 Å². The Morgan fingerprint density at radius 3 is 2.58 bits per heavy atom. The summed E-state index contributed by atoms with van der Waals surface area (Å²) in [6, 6.07) is 0. The minimum atomic E-state index is 0.752. The lowest BCUT2D eigenvalue weighted by Crippen LogP contribution is -1.92. The first kappa shape index (κ1) is 11.4. The van der Waals surface area contributed by atoms with Crippen molar-refractivity contribution < 1.29 is 4.74 Å². The van der Waals surface area contributed by atoms with Gasteiger partial charge in [-0.05, 0) is 26.7 Å². The van der Waals surface area contributed by atoms with Crippen molar-refractivity contribution in [3.63, 3.8) is 0 Å². The molecular formula is C11H20O. The van der Waals surface area contributed by atoms with Gasteiger partial charge >= 0.3 is 0 Å². The largest absolute Gasteiger partial charge is 0.377 e. The molecule has 0 spiro atoms. The van der Waals surface area contributed by atoms with Gasteiger partial charge in [0.25, 0.3) is 0 Å². The molecule has 0 radical (unpaired) electrons. The third kappa shape index (κ3) is 9.44. The second kappa shape index (κ2) is 8.54. The minimum absolute atomic E-state index is 0.752. The third-order valence-corrected chi connectivity index (χ3v) is 1.44. The van der Waals surface area contributed by atoms with Gasteiger partial charge in [-0.2, -0.15) is 0 Å². The average Bonchev–Trinajstić information content (AvgIpc) is 2.02. The molecule has 0 aliphatic rings. The molecule has 0 heterocycles. The molecule has 0 aromatic carbocycles. The quantitative estimate of drug-likeness (QED) is 0.436. The molecule has 0 unspecified atom stereocenters. The lowest BCUT2D eigenvalue weighted by molar-refractivity contribution is 0.167. The van der Waals surface area contributed by atoms with E-state index in [1.165, 1.54) is 5.57 Å². The fraction of sp³-hybridized carbons (Fsp3) is 0.636. The number of rotatable bonds is 6. The van der Waals surface area contributed by atoms with Crippen LogP contribution in [0.25, 0.3) is 0 Å². The van der Waals surface area contributed by atoms with Gasteiger partial charge in [-0.25, -0.2) is 0 Å². The number of ether oxygens (including phenoxy) is 1. The lowest BCUT2D eigenvalue weighted by Gasteiger charge is -1.97. The summed E-state index contributed by atoms with van der Waals surface area (Å²) in [5.41, 5.74) is 1.32. The minimum Gasteiger partial charge on any atom is -0.377 e. The molecule has 70 valence electrons. The smallest absolute Gasteiger partial charge is 0.0650 e. The lowest BCUT2D eigenvalue weighted by atomic mass is 10.3. The second-order valence-electron chi connectivity index (χ2n) is 3.02. The van der Waals surface area contributed by atoms with Crippen molar-refractivity contribution in [2.75, 3.05) is 13.2 Å². The summed E-state index contributed by atoms with van der Waals surface area (Å²) in [6.45, 7) is 7.89. The molecule has 0 aliphatic heterocycles. The molecule has 0 atom stereocenters. The Kier molecular flexibility index (Phi) is 8.14. The van der Waals surface area contributed by atoms with Gasteiger partial charge in [0, 0.05) is 0 Å². The maximum Gasteiger partial charge on any atom is 0.0650 e. The topological polar surface area (TPSA) is 9.23 Å². The van der Waals surface area contributed by atoms with Crippen LogP contribution in [0.5, 0.6) is 0 Å². The van der Waals surface area contributed by atoms with E-state index in [2.05, 4.69) is 39.0 Å². The summed E-state index contributed by atoms with van der Waals surface area (Å²) in [7, 11) is 0. The van der Waals surface area contributed by atoms with Crippen LogP contribution in [0, 0.1) is 0 Å². The standard InChI is InChI=1S/C11H20O/c1-4-5-6-7-9-12-10-8-11(2)3/h5-6,8H,4,7,9-10H2,1-3H3. The summed E-state index contributed by atoms with van der Waals surface area (Å²) in [6.07, 6.45) is 8.59. The van der Waals surface area contributed by atoms with Gasteiger partial charge in [-0.3, -0.25) is 0 Å². The summed E-state index contributed by atoms with van der Waals surface area (Å²) < 4.78 is 5.36. The average molecular weight is 168 g/mol. The molecule has 0 saturated heterocycles. The Labute approximate surface area is 76.1 Å². The molecule has 0 aromatic heterocycles. The van der Waals surface area contributed by atoms with Gasteiger partial charge in [-0.15, -0.1) is 0 Å². The Balaban J connectivity index is 3.11. The van der Waals surface area contributed by atoms with Crippen molar-refractivity contribution in [3.8, 4) is 0 Å². The Morgan fingerprint density at radius 2 is 2.00 bits per heavy atom. The monoisotopic (exact) mass is 168 g/mol. The highest BCUT2D eigenvalue weighted by Gasteiger charge is 1.82. The zero-order valence-electron chi connectivity index (χ0n) is 8.47. The molecule has 0 saturated carbocycles. The molecule has 1 nitrogen and oxygen atoms in total. The van der Waals surface area contributed by atoms with Gasteiger partial charge in [0.2, 0.25) is 0 Å². The first-order valence-electron chi connectivity index (χ1n) is 4.63. The predicted molar refractivity (Wildman–Crippen MR) is 54.3 cm³/mol. The number of allylic oxidation sites excluding steroid dienone is 2. The highest BCUT2D eigenvalue weighted by atomic mass is 16.5. The van der Waals surface area contributed by atoms with E-state index < -0.39 is 0 Å². The first-order chi connectivity index (χ1) is 5.77. The summed E-state index contributed by atoms with van der Waals surface area (Å²) in [4.78, 5) is 0. The molecule has 12 heavy (non-hydrogen) atoms. The van der Waals surface area contributed by atoms with Crippen molar-refractivity contribution in [2.45, 2.75) is 33.6 Å². The van der Waals surface area contributed by atoms with Gasteiger partial charge in [0.1, 0.15) is 0 Å². The zero-order chi connectivity index (χ0) is 9.23. The fourth-order valence-corrected chi connectivity index (χ4v) is 0.745. The maximum atomic E-state index is 5.36. The number of hydrogen-bond donors (Lipinski definition) is 0. The first-order valence-corrected chi connectivity index (χ1v) is 4.63. The van der Waals surface area contributed by atoms with E-state index in [1.807, 2.05) is 0 Å². The van der Waals surface area contributed by atoms with E-state index >= 15 is 0 Å². The molecule has 0 bridgehead atoms. The Hall–Kier alpha value is -0.560. The SMILES string of the molecule is CCC=CCCOCC=C(C)C. The summed E-state index contributed by atoms with van der Waals surface area (Å²) in [5, 5.41) is 0. The molecule has 0 N–H and O–H groups in total. The molecular weight excluding hydrogens is 148 g/mol. The van der Waals surface area contributed by atoms with Gasteiger partial charge < -0.3 is 4.74 Å². The van der Waals surface area contributed by atoms with E-state index in [9.17, 15) is 0 Å². The normalized spacial score (nSPS) is 10.6. The van der Waals surface area contributed by atoms with E-state index in [-0.39, 0.29) is 0 Å². The van der Waals surface area contributed by atoms with Crippen LogP contribution in [0.2, 0.25) is 0 Å². The van der Waals surface area contributed by atoms with E-state index in [0.29, 0.717) is 0 Å². The van der Waals surface area contributed by atoms with Crippen molar-refractivity contribution in [2.24, 2.45) is 0 Å². The highest BCUT2D eigenvalue weighted by Crippen LogP contribution is 1.91. The molecule has 0 amide bonds. The number of hydrogen-bond acceptors (Lipinski definition) is 1. The van der Waals surface area contributed by atoms with Gasteiger partial charge in [-0.1, -0.05) is 30.7 Å². The second-order valence-corrected chi connectivity index (χ2v) is 3.02. The van der Waals surface area contributed by atoms with Crippen LogP contribution in [-0.2, 0) is 4.74 Å². The predicted octanol–water partition coefficient (Wildman–Crippen LogP) is 3.33. The van der Waals surface area contributed by atoms with Crippen LogP contribution in [0.3, 0.4) is 0 Å². The molecule has 0 fully saturated rings. The van der Waals surface area contributed by atoms with Crippen LogP contribution >= 0.6 is 0 Å². The van der Waals surface area contributed by atoms with Crippen LogP contribution in [0.15, 0.2) is 23.8 Å². The van der Waals surface area contributed by atoms with Crippen LogP contribution in [0.1, 0.15) is 33.6 Å². The van der Waals surface area contributed by atoms with E-state index in [0.717, 1.165) is 26.1 Å². The highest BCUT2D eigenvalue weighted by molar-refractivity contribution is 4.92. The van der Waals surface area contributed by atoms with Crippen LogP contribution in [0.4, 0.5) is 0 Å². The van der Waals surface area contributed by atoms with Crippen LogP contribution in [-0.4, -0.2) is 13.2 Å². The molecule has 0 rings (SSSR count). The zero-order valence-corrected chi connectivity index (χ0v) is 8.47. The van der Waals surface area contributed by atoms with E-state index in [4.69, 9.17) is 4.74 Å². The van der Waals surface area contributed by atoms with Crippen molar-refractivity contribution in [1.29, 1.82) is 0 Å². The third-order valence-electron chi connectivity index (χ3n) is 1.44. The van der Waals surface area contributed by atoms with Gasteiger partial charge in [0.05, 0.1) is 13.2 Å². The Morgan fingerprint density at radius 1 is 1.25 bits per heavy atom. The fourth-order valence-electron chi connectivity index (χ4n) is 0.745. The summed E-state index contributed by atoms with van der Waals surface area (Å²) in [5.74, 6) is 0.